The van der Waals surface area contributed by atoms with Crippen molar-refractivity contribution in [3.63, 3.8) is 0 Å². The van der Waals surface area contributed by atoms with Gasteiger partial charge in [-0.1, -0.05) is 0 Å². The number of rotatable bonds is 1. The minimum atomic E-state index is -0.916. The first-order valence-corrected chi connectivity index (χ1v) is 6.98. The highest BCUT2D eigenvalue weighted by Gasteiger charge is 2.76. The van der Waals surface area contributed by atoms with Crippen molar-refractivity contribution in [3.05, 3.63) is 0 Å². The highest BCUT2D eigenvalue weighted by atomic mass is 16.7. The van der Waals surface area contributed by atoms with E-state index in [9.17, 15) is 9.90 Å². The molecule has 6 heteroatoms. The molecule has 6 nitrogen and oxygen atoms in total. The number of aliphatic hydroxyl groups excluding tert-OH is 1. The Labute approximate surface area is 118 Å². The van der Waals surface area contributed by atoms with E-state index in [1.807, 2.05) is 6.92 Å². The molecule has 0 amide bonds. The standard InChI is InChI=1S/C14H22O6/c1-12(2,3)19-11(16)17-7-6-13(4)9-10(18-9)14(5,20-13)8(7)15/h7-10,15H,6H2,1-5H3/t7-,8+,9+,10-,13-,14+/m0/s1. The van der Waals surface area contributed by atoms with E-state index in [0.29, 0.717) is 6.42 Å². The predicted molar refractivity (Wildman–Crippen MR) is 68.3 cm³/mol. The lowest BCUT2D eigenvalue weighted by Gasteiger charge is -2.45. The molecule has 0 aliphatic carbocycles. The number of hydrogen-bond acceptors (Lipinski definition) is 6. The van der Waals surface area contributed by atoms with E-state index in [1.165, 1.54) is 0 Å². The molecule has 0 unspecified atom stereocenters. The molecule has 3 heterocycles. The molecule has 1 N–H and O–H groups in total. The highest BCUT2D eigenvalue weighted by Crippen LogP contribution is 2.58. The van der Waals surface area contributed by atoms with E-state index in [0.717, 1.165) is 0 Å². The predicted octanol–water partition coefficient (Wildman–Crippen LogP) is 1.39. The maximum absolute atomic E-state index is 11.8. The molecule has 0 aromatic carbocycles. The fourth-order valence-corrected chi connectivity index (χ4v) is 3.40. The highest BCUT2D eigenvalue weighted by molar-refractivity contribution is 5.61. The molecule has 3 fully saturated rings. The second kappa shape index (κ2) is 3.87. The first kappa shape index (κ1) is 14.1. The van der Waals surface area contributed by atoms with Crippen LogP contribution in [0.2, 0.25) is 0 Å². The summed E-state index contributed by atoms with van der Waals surface area (Å²) in [5, 5.41) is 10.4. The van der Waals surface area contributed by atoms with Gasteiger partial charge in [-0.05, 0) is 34.6 Å². The van der Waals surface area contributed by atoms with Crippen LogP contribution in [0.1, 0.15) is 41.0 Å². The third-order valence-corrected chi connectivity index (χ3v) is 4.29. The zero-order valence-electron chi connectivity index (χ0n) is 12.5. The lowest BCUT2D eigenvalue weighted by molar-refractivity contribution is -0.256. The maximum Gasteiger partial charge on any atom is 0.509 e. The summed E-state index contributed by atoms with van der Waals surface area (Å²) < 4.78 is 22.0. The molecule has 3 aliphatic heterocycles. The van der Waals surface area contributed by atoms with Crippen LogP contribution in [0.15, 0.2) is 0 Å². The molecule has 20 heavy (non-hydrogen) atoms. The van der Waals surface area contributed by atoms with Crippen LogP contribution in [0.25, 0.3) is 0 Å². The summed E-state index contributed by atoms with van der Waals surface area (Å²) in [5.74, 6) is 0. The molecule has 0 saturated carbocycles. The Hall–Kier alpha value is -0.850. The van der Waals surface area contributed by atoms with Gasteiger partial charge in [0, 0.05) is 6.42 Å². The smallest absolute Gasteiger partial charge is 0.429 e. The van der Waals surface area contributed by atoms with Crippen LogP contribution in [0.3, 0.4) is 0 Å². The number of aliphatic hydroxyl groups is 1. The van der Waals surface area contributed by atoms with Crippen molar-refractivity contribution < 1.29 is 28.8 Å². The Morgan fingerprint density at radius 2 is 1.95 bits per heavy atom. The summed E-state index contributed by atoms with van der Waals surface area (Å²) in [4.78, 5) is 11.8. The zero-order valence-corrected chi connectivity index (χ0v) is 12.5. The van der Waals surface area contributed by atoms with Gasteiger partial charge in [0.1, 0.15) is 35.6 Å². The number of epoxide rings is 1. The summed E-state index contributed by atoms with van der Waals surface area (Å²) >= 11 is 0. The van der Waals surface area contributed by atoms with E-state index >= 15 is 0 Å². The summed E-state index contributed by atoms with van der Waals surface area (Å²) in [6.07, 6.45) is -2.04. The van der Waals surface area contributed by atoms with Crippen LogP contribution >= 0.6 is 0 Å². The van der Waals surface area contributed by atoms with Gasteiger partial charge in [0.05, 0.1) is 5.60 Å². The lowest BCUT2D eigenvalue weighted by Crippen LogP contribution is -2.59. The third-order valence-electron chi connectivity index (χ3n) is 4.29. The van der Waals surface area contributed by atoms with E-state index in [4.69, 9.17) is 18.9 Å². The van der Waals surface area contributed by atoms with Gasteiger partial charge in [-0.2, -0.15) is 0 Å². The van der Waals surface area contributed by atoms with E-state index in [-0.39, 0.29) is 12.2 Å². The van der Waals surface area contributed by atoms with Crippen molar-refractivity contribution >= 4 is 6.16 Å². The van der Waals surface area contributed by atoms with Crippen molar-refractivity contribution in [1.82, 2.24) is 0 Å². The average Bonchev–Trinajstić information content (AvgIpc) is 3.00. The number of fused-ring (bicyclic) bond motifs is 5. The Kier molecular flexibility index (Phi) is 2.73. The fourth-order valence-electron chi connectivity index (χ4n) is 3.40. The van der Waals surface area contributed by atoms with E-state index < -0.39 is 35.2 Å². The molecule has 0 radical (unpaired) electrons. The number of ether oxygens (including phenoxy) is 4. The van der Waals surface area contributed by atoms with Crippen molar-refractivity contribution in [2.75, 3.05) is 0 Å². The zero-order chi connectivity index (χ0) is 14.9. The molecular formula is C14H22O6. The first-order chi connectivity index (χ1) is 9.05. The van der Waals surface area contributed by atoms with Crippen LogP contribution in [0.5, 0.6) is 0 Å². The Bertz CT molecular complexity index is 443. The maximum atomic E-state index is 11.8. The van der Waals surface area contributed by atoms with Gasteiger partial charge in [0.25, 0.3) is 0 Å². The van der Waals surface area contributed by atoms with Crippen molar-refractivity contribution in [1.29, 1.82) is 0 Å². The topological polar surface area (TPSA) is 77.5 Å². The monoisotopic (exact) mass is 286 g/mol. The summed E-state index contributed by atoms with van der Waals surface area (Å²) in [7, 11) is 0. The molecule has 3 aliphatic rings. The summed E-state index contributed by atoms with van der Waals surface area (Å²) in [6, 6.07) is 0. The number of hydrogen-bond donors (Lipinski definition) is 1. The molecule has 0 spiro atoms. The normalized spacial score (nSPS) is 49.5. The van der Waals surface area contributed by atoms with Crippen LogP contribution in [0, 0.1) is 0 Å². The Balaban J connectivity index is 1.71. The van der Waals surface area contributed by atoms with Gasteiger partial charge in [0.15, 0.2) is 0 Å². The largest absolute Gasteiger partial charge is 0.509 e. The SMILES string of the molecule is CC(C)(C)OC(=O)O[C@H]1C[C@]2(C)O[C@](C)([C@@H]1O)[C@H]1O[C@H]12. The van der Waals surface area contributed by atoms with E-state index in [1.54, 1.807) is 27.7 Å². The van der Waals surface area contributed by atoms with E-state index in [2.05, 4.69) is 0 Å². The minimum absolute atomic E-state index is 0.0191. The van der Waals surface area contributed by atoms with Gasteiger partial charge >= 0.3 is 6.16 Å². The Morgan fingerprint density at radius 1 is 1.30 bits per heavy atom. The van der Waals surface area contributed by atoms with Crippen molar-refractivity contribution in [3.8, 4) is 0 Å². The number of carbonyl (C=O) groups is 1. The van der Waals surface area contributed by atoms with Gasteiger partial charge in [0.2, 0.25) is 0 Å². The number of carbonyl (C=O) groups excluding carboxylic acids is 1. The van der Waals surface area contributed by atoms with Crippen molar-refractivity contribution in [2.24, 2.45) is 0 Å². The third kappa shape index (κ3) is 2.01. The Morgan fingerprint density at radius 3 is 2.55 bits per heavy atom. The summed E-state index contributed by atoms with van der Waals surface area (Å²) in [6.45, 7) is 9.04. The molecular weight excluding hydrogens is 264 g/mol. The molecule has 3 saturated heterocycles. The lowest BCUT2D eigenvalue weighted by atomic mass is 9.88. The molecule has 2 bridgehead atoms. The average molecular weight is 286 g/mol. The summed E-state index contributed by atoms with van der Waals surface area (Å²) in [5.41, 5.74) is -1.94. The fraction of sp³-hybridized carbons (Fsp3) is 0.929. The van der Waals surface area contributed by atoms with Gasteiger partial charge in [-0.3, -0.25) is 0 Å². The van der Waals surface area contributed by atoms with Crippen LogP contribution in [-0.4, -0.2) is 52.5 Å². The van der Waals surface area contributed by atoms with Gasteiger partial charge in [-0.15, -0.1) is 0 Å². The molecule has 6 atom stereocenters. The molecule has 0 aromatic heterocycles. The minimum Gasteiger partial charge on any atom is -0.429 e. The second-order valence-corrected chi connectivity index (χ2v) is 7.35. The van der Waals surface area contributed by atoms with Crippen LogP contribution in [-0.2, 0) is 18.9 Å². The first-order valence-electron chi connectivity index (χ1n) is 6.98. The molecule has 3 rings (SSSR count). The van der Waals surface area contributed by atoms with Gasteiger partial charge in [-0.25, -0.2) is 4.79 Å². The second-order valence-electron chi connectivity index (χ2n) is 7.35. The molecule has 0 aromatic rings. The quantitative estimate of drug-likeness (QED) is 0.580. The molecule has 114 valence electrons. The van der Waals surface area contributed by atoms with Gasteiger partial charge < -0.3 is 24.1 Å². The van der Waals surface area contributed by atoms with Crippen LogP contribution < -0.4 is 0 Å². The van der Waals surface area contributed by atoms with Crippen molar-refractivity contribution in [2.45, 2.75) is 82.3 Å². The van der Waals surface area contributed by atoms with Crippen LogP contribution in [0.4, 0.5) is 4.79 Å².